The Kier molecular flexibility index (Phi) is 3.55. The molecular weight excluding hydrogens is 208 g/mol. The largest absolute Gasteiger partial charge is 0.355 e. The van der Waals surface area contributed by atoms with Crippen LogP contribution in [0, 0.1) is 0 Å². The molecule has 1 aromatic heterocycles. The maximum absolute atomic E-state index is 4.34. The predicted octanol–water partition coefficient (Wildman–Crippen LogP) is 4.13. The van der Waals surface area contributed by atoms with Gasteiger partial charge in [0.05, 0.1) is 5.52 Å². The molecule has 0 saturated carbocycles. The second-order valence-electron chi connectivity index (χ2n) is 3.74. The minimum Gasteiger partial charge on any atom is -0.355 e. The van der Waals surface area contributed by atoms with Crippen LogP contribution in [0.5, 0.6) is 0 Å². The van der Waals surface area contributed by atoms with Crippen molar-refractivity contribution in [2.75, 3.05) is 5.32 Å². The molecule has 2 heteroatoms. The summed E-state index contributed by atoms with van der Waals surface area (Å²) in [6.45, 7) is 4.03. The molecule has 2 aromatic rings. The van der Waals surface area contributed by atoms with Gasteiger partial charge >= 0.3 is 0 Å². The number of fused-ring (bicyclic) bond motifs is 1. The Morgan fingerprint density at radius 1 is 1.18 bits per heavy atom. The number of hydrogen-bond acceptors (Lipinski definition) is 2. The number of para-hydroxylation sites is 1. The van der Waals surface area contributed by atoms with E-state index in [1.54, 1.807) is 0 Å². The van der Waals surface area contributed by atoms with E-state index in [1.165, 1.54) is 0 Å². The van der Waals surface area contributed by atoms with E-state index in [-0.39, 0.29) is 0 Å². The molecule has 0 aliphatic rings. The summed E-state index contributed by atoms with van der Waals surface area (Å²) in [4.78, 5) is 4.34. The first-order valence-corrected chi connectivity index (χ1v) is 5.75. The Morgan fingerprint density at radius 2 is 2.00 bits per heavy atom. The molecule has 1 aromatic carbocycles. The quantitative estimate of drug-likeness (QED) is 0.793. The van der Waals surface area contributed by atoms with Crippen LogP contribution < -0.4 is 5.32 Å². The second kappa shape index (κ2) is 5.30. The molecule has 86 valence electrons. The van der Waals surface area contributed by atoms with Crippen LogP contribution in [0.4, 0.5) is 5.69 Å². The highest BCUT2D eigenvalue weighted by Gasteiger charge is 2.00. The highest BCUT2D eigenvalue weighted by atomic mass is 14.9. The smallest absolute Gasteiger partial charge is 0.0722 e. The number of nitrogens with zero attached hydrogens (tertiary/aromatic N) is 1. The zero-order valence-electron chi connectivity index (χ0n) is 10.1. The zero-order valence-corrected chi connectivity index (χ0v) is 10.1. The molecular formula is C15H16N2. The fraction of sp³-hybridized carbons (Fsp3) is 0.133. The molecule has 0 radical (unpaired) electrons. The van der Waals surface area contributed by atoms with Gasteiger partial charge in [-0.3, -0.25) is 4.98 Å². The van der Waals surface area contributed by atoms with Gasteiger partial charge in [0.1, 0.15) is 0 Å². The number of aromatic nitrogens is 1. The number of rotatable bonds is 3. The Labute approximate surface area is 102 Å². The van der Waals surface area contributed by atoms with E-state index in [4.69, 9.17) is 0 Å². The van der Waals surface area contributed by atoms with Gasteiger partial charge in [0, 0.05) is 23.0 Å². The summed E-state index contributed by atoms with van der Waals surface area (Å²) in [5, 5.41) is 4.54. The first-order valence-electron chi connectivity index (χ1n) is 5.75. The summed E-state index contributed by atoms with van der Waals surface area (Å²) in [5.41, 5.74) is 3.18. The maximum atomic E-state index is 4.34. The Morgan fingerprint density at radius 3 is 2.76 bits per heavy atom. The van der Waals surface area contributed by atoms with Gasteiger partial charge in [0.2, 0.25) is 0 Å². The number of anilines is 1. The highest BCUT2D eigenvalue weighted by molar-refractivity contribution is 5.91. The van der Waals surface area contributed by atoms with Crippen molar-refractivity contribution in [2.24, 2.45) is 0 Å². The van der Waals surface area contributed by atoms with Crippen molar-refractivity contribution in [3.05, 3.63) is 60.5 Å². The van der Waals surface area contributed by atoms with Crippen LogP contribution in [0.2, 0.25) is 0 Å². The van der Waals surface area contributed by atoms with E-state index >= 15 is 0 Å². The molecule has 17 heavy (non-hydrogen) atoms. The van der Waals surface area contributed by atoms with Gasteiger partial charge in [-0.1, -0.05) is 30.4 Å². The van der Waals surface area contributed by atoms with Crippen molar-refractivity contribution >= 4 is 16.6 Å². The third-order valence-electron chi connectivity index (χ3n) is 2.59. The van der Waals surface area contributed by atoms with Crippen molar-refractivity contribution in [1.29, 1.82) is 0 Å². The highest BCUT2D eigenvalue weighted by Crippen LogP contribution is 2.22. The normalized spacial score (nSPS) is 12.2. The lowest BCUT2D eigenvalue weighted by Crippen LogP contribution is -1.97. The summed E-state index contributed by atoms with van der Waals surface area (Å²) in [7, 11) is 0. The molecule has 0 fully saturated rings. The average molecular weight is 224 g/mol. The summed E-state index contributed by atoms with van der Waals surface area (Å²) >= 11 is 0. The molecule has 1 heterocycles. The lowest BCUT2D eigenvalue weighted by molar-refractivity contribution is 1.38. The third kappa shape index (κ3) is 2.53. The molecule has 2 rings (SSSR count). The van der Waals surface area contributed by atoms with E-state index in [0.29, 0.717) is 0 Å². The average Bonchev–Trinajstić information content (AvgIpc) is 2.38. The molecule has 0 aliphatic heterocycles. The van der Waals surface area contributed by atoms with Gasteiger partial charge in [-0.05, 0) is 32.1 Å². The zero-order chi connectivity index (χ0) is 12.1. The van der Waals surface area contributed by atoms with Crippen LogP contribution in [0.1, 0.15) is 13.8 Å². The lowest BCUT2D eigenvalue weighted by Gasteiger charge is -2.09. The van der Waals surface area contributed by atoms with Gasteiger partial charge in [0.15, 0.2) is 0 Å². The molecule has 0 bridgehead atoms. The Hall–Kier alpha value is -2.09. The van der Waals surface area contributed by atoms with E-state index in [0.717, 1.165) is 22.3 Å². The van der Waals surface area contributed by atoms with E-state index in [1.807, 2.05) is 50.4 Å². The molecule has 0 aliphatic carbocycles. The molecule has 0 spiro atoms. The SMILES string of the molecule is C/C=C\C(=C/C)Nc1ccnc2ccccc12. The maximum Gasteiger partial charge on any atom is 0.0722 e. The van der Waals surface area contributed by atoms with Gasteiger partial charge in [-0.2, -0.15) is 0 Å². The fourth-order valence-electron chi connectivity index (χ4n) is 1.75. The van der Waals surface area contributed by atoms with E-state index < -0.39 is 0 Å². The topological polar surface area (TPSA) is 24.9 Å². The van der Waals surface area contributed by atoms with Crippen LogP contribution in [0.25, 0.3) is 10.9 Å². The second-order valence-corrected chi connectivity index (χ2v) is 3.74. The summed E-state index contributed by atoms with van der Waals surface area (Å²) in [6.07, 6.45) is 7.95. The first kappa shape index (κ1) is 11.4. The van der Waals surface area contributed by atoms with E-state index in [2.05, 4.69) is 28.5 Å². The standard InChI is InChI=1S/C15H16N2/c1-3-7-12(4-2)17-15-10-11-16-14-9-6-5-8-13(14)15/h3-11H,1-2H3,(H,16,17)/b7-3-,12-4+. The molecule has 0 saturated heterocycles. The minimum atomic E-state index is 1.01. The predicted molar refractivity (Wildman–Crippen MR) is 73.9 cm³/mol. The molecule has 0 atom stereocenters. The molecule has 2 nitrogen and oxygen atoms in total. The van der Waals surface area contributed by atoms with Crippen molar-refractivity contribution in [3.63, 3.8) is 0 Å². The lowest BCUT2D eigenvalue weighted by atomic mass is 10.2. The van der Waals surface area contributed by atoms with Crippen molar-refractivity contribution in [3.8, 4) is 0 Å². The molecule has 0 unspecified atom stereocenters. The van der Waals surface area contributed by atoms with Crippen LogP contribution in [-0.4, -0.2) is 4.98 Å². The van der Waals surface area contributed by atoms with Crippen LogP contribution in [-0.2, 0) is 0 Å². The fourth-order valence-corrected chi connectivity index (χ4v) is 1.75. The number of allylic oxidation sites excluding steroid dienone is 3. The van der Waals surface area contributed by atoms with Gasteiger partial charge in [-0.15, -0.1) is 0 Å². The Balaban J connectivity index is 2.42. The minimum absolute atomic E-state index is 1.01. The van der Waals surface area contributed by atoms with Crippen molar-refractivity contribution < 1.29 is 0 Å². The van der Waals surface area contributed by atoms with Crippen LogP contribution in [0.15, 0.2) is 60.5 Å². The summed E-state index contributed by atoms with van der Waals surface area (Å²) < 4.78 is 0. The van der Waals surface area contributed by atoms with Gasteiger partial charge in [0.25, 0.3) is 0 Å². The number of hydrogen-bond donors (Lipinski definition) is 1. The molecule has 0 amide bonds. The van der Waals surface area contributed by atoms with Crippen LogP contribution in [0.3, 0.4) is 0 Å². The molecule has 1 N–H and O–H groups in total. The number of benzene rings is 1. The van der Waals surface area contributed by atoms with Crippen molar-refractivity contribution in [1.82, 2.24) is 4.98 Å². The summed E-state index contributed by atoms with van der Waals surface area (Å²) in [6, 6.07) is 10.1. The third-order valence-corrected chi connectivity index (χ3v) is 2.59. The van der Waals surface area contributed by atoms with Gasteiger partial charge in [-0.25, -0.2) is 0 Å². The monoisotopic (exact) mass is 224 g/mol. The number of pyridine rings is 1. The first-order chi connectivity index (χ1) is 8.35. The van der Waals surface area contributed by atoms with Crippen molar-refractivity contribution in [2.45, 2.75) is 13.8 Å². The summed E-state index contributed by atoms with van der Waals surface area (Å²) in [5.74, 6) is 0. The van der Waals surface area contributed by atoms with E-state index in [9.17, 15) is 0 Å². The number of nitrogens with one attached hydrogen (secondary N) is 1. The Bertz CT molecular complexity index is 563. The van der Waals surface area contributed by atoms with Gasteiger partial charge < -0.3 is 5.32 Å². The van der Waals surface area contributed by atoms with Crippen LogP contribution >= 0.6 is 0 Å².